The Kier molecular flexibility index (Phi) is 5.68. The van der Waals surface area contributed by atoms with Crippen molar-refractivity contribution in [3.63, 3.8) is 0 Å². The normalized spacial score (nSPS) is 33.3. The zero-order valence-electron chi connectivity index (χ0n) is 12.0. The largest absolute Gasteiger partial charge is 0.455 e. The average Bonchev–Trinajstić information content (AvgIpc) is 2.26. The Morgan fingerprint density at radius 1 is 1.05 bits per heavy atom. The third-order valence-electron chi connectivity index (χ3n) is 2.64. The molecule has 5 unspecified atom stereocenters. The highest BCUT2D eigenvalue weighted by atomic mass is 32.2. The summed E-state index contributed by atoms with van der Waals surface area (Å²) >= 11 is 0. The molecule has 1 aliphatic rings. The molecule has 1 aliphatic heterocycles. The van der Waals surface area contributed by atoms with E-state index in [4.69, 9.17) is 18.4 Å². The van der Waals surface area contributed by atoms with E-state index in [9.17, 15) is 23.1 Å². The van der Waals surface area contributed by atoms with Gasteiger partial charge in [0.2, 0.25) is 0 Å². The fourth-order valence-corrected chi connectivity index (χ4v) is 2.64. The average molecular weight is 326 g/mol. The van der Waals surface area contributed by atoms with Gasteiger partial charge in [0.25, 0.3) is 10.1 Å². The van der Waals surface area contributed by atoms with E-state index in [2.05, 4.69) is 0 Å². The highest BCUT2D eigenvalue weighted by molar-refractivity contribution is 7.86. The zero-order valence-corrected chi connectivity index (χ0v) is 12.8. The molecule has 0 bridgehead atoms. The smallest absolute Gasteiger partial charge is 0.303 e. The lowest BCUT2D eigenvalue weighted by Gasteiger charge is -2.41. The van der Waals surface area contributed by atoms with Gasteiger partial charge in [-0.15, -0.1) is 0 Å². The van der Waals surface area contributed by atoms with Crippen LogP contribution in [0.3, 0.4) is 0 Å². The topological polar surface area (TPSA) is 125 Å². The Morgan fingerprint density at radius 2 is 1.52 bits per heavy atom. The standard InChI is InChI=1S/C11H18O9S/c1-5-8(20-21(4,15)16)9(18-6(2)12)10(11(14)17-5)19-7(3)13/h5,8-11,14H,1-4H3. The maximum absolute atomic E-state index is 11.3. The molecule has 0 aliphatic carbocycles. The van der Waals surface area contributed by atoms with Crippen molar-refractivity contribution >= 4 is 22.1 Å². The molecule has 0 amide bonds. The van der Waals surface area contributed by atoms with E-state index in [0.29, 0.717) is 0 Å². The van der Waals surface area contributed by atoms with E-state index in [1.807, 2.05) is 0 Å². The third kappa shape index (κ3) is 5.23. The molecule has 0 aromatic heterocycles. The van der Waals surface area contributed by atoms with E-state index in [0.717, 1.165) is 20.1 Å². The van der Waals surface area contributed by atoms with Gasteiger partial charge >= 0.3 is 11.9 Å². The van der Waals surface area contributed by atoms with E-state index in [1.54, 1.807) is 0 Å². The molecule has 10 heteroatoms. The lowest BCUT2D eigenvalue weighted by molar-refractivity contribution is -0.280. The number of carbonyl (C=O) groups excluding carboxylic acids is 2. The number of aliphatic hydroxyl groups excluding tert-OH is 1. The highest BCUT2D eigenvalue weighted by Gasteiger charge is 2.50. The number of esters is 2. The molecule has 0 saturated carbocycles. The fourth-order valence-electron chi connectivity index (χ4n) is 1.97. The van der Waals surface area contributed by atoms with Crippen LogP contribution in [0.2, 0.25) is 0 Å². The van der Waals surface area contributed by atoms with Gasteiger partial charge in [0.05, 0.1) is 12.4 Å². The van der Waals surface area contributed by atoms with Crippen molar-refractivity contribution in [2.75, 3.05) is 6.26 Å². The molecular formula is C11H18O9S. The Labute approximate surface area is 122 Å². The molecule has 1 N–H and O–H groups in total. The maximum atomic E-state index is 11.3. The Balaban J connectivity index is 3.10. The first-order valence-electron chi connectivity index (χ1n) is 6.07. The minimum absolute atomic E-state index is 0.749. The molecule has 9 nitrogen and oxygen atoms in total. The van der Waals surface area contributed by atoms with Gasteiger partial charge in [0, 0.05) is 13.8 Å². The molecule has 1 saturated heterocycles. The second kappa shape index (κ2) is 6.69. The van der Waals surface area contributed by atoms with E-state index < -0.39 is 52.8 Å². The van der Waals surface area contributed by atoms with E-state index in [1.165, 1.54) is 6.92 Å². The second-order valence-corrected chi connectivity index (χ2v) is 6.25. The number of rotatable bonds is 4. The Bertz CT molecular complexity index is 500. The lowest BCUT2D eigenvalue weighted by atomic mass is 9.99. The predicted molar refractivity (Wildman–Crippen MR) is 67.4 cm³/mol. The van der Waals surface area contributed by atoms with Crippen LogP contribution in [-0.2, 0) is 38.1 Å². The van der Waals surface area contributed by atoms with Crippen LogP contribution in [0.1, 0.15) is 20.8 Å². The van der Waals surface area contributed by atoms with Gasteiger partial charge < -0.3 is 19.3 Å². The van der Waals surface area contributed by atoms with Crippen LogP contribution in [0.4, 0.5) is 0 Å². The van der Waals surface area contributed by atoms with E-state index >= 15 is 0 Å². The molecule has 21 heavy (non-hydrogen) atoms. The summed E-state index contributed by atoms with van der Waals surface area (Å²) in [6.45, 7) is 3.61. The molecule has 0 spiro atoms. The number of hydrogen-bond donors (Lipinski definition) is 1. The summed E-state index contributed by atoms with van der Waals surface area (Å²) in [4.78, 5) is 22.3. The first kappa shape index (κ1) is 17.8. The third-order valence-corrected chi connectivity index (χ3v) is 3.21. The van der Waals surface area contributed by atoms with Crippen molar-refractivity contribution in [2.24, 2.45) is 0 Å². The summed E-state index contributed by atoms with van der Waals surface area (Å²) < 4.78 is 42.3. The van der Waals surface area contributed by atoms with Gasteiger partial charge in [-0.3, -0.25) is 13.8 Å². The maximum Gasteiger partial charge on any atom is 0.303 e. The van der Waals surface area contributed by atoms with Gasteiger partial charge in [0.15, 0.2) is 18.5 Å². The monoisotopic (exact) mass is 326 g/mol. The molecule has 5 atom stereocenters. The van der Waals surface area contributed by atoms with Crippen molar-refractivity contribution in [1.29, 1.82) is 0 Å². The summed E-state index contributed by atoms with van der Waals surface area (Å²) in [5.41, 5.74) is 0. The van der Waals surface area contributed by atoms with Crippen LogP contribution < -0.4 is 0 Å². The molecule has 122 valence electrons. The number of aliphatic hydroxyl groups is 1. The Hall–Kier alpha value is -1.23. The SMILES string of the molecule is CC(=O)OC1C(O)OC(C)C(OS(C)(=O)=O)C1OC(C)=O. The summed E-state index contributed by atoms with van der Waals surface area (Å²) in [7, 11) is -3.89. The quantitative estimate of drug-likeness (QED) is 0.507. The molecular weight excluding hydrogens is 308 g/mol. The van der Waals surface area contributed by atoms with E-state index in [-0.39, 0.29) is 0 Å². The van der Waals surface area contributed by atoms with Crippen LogP contribution in [0, 0.1) is 0 Å². The highest BCUT2D eigenvalue weighted by Crippen LogP contribution is 2.28. The lowest BCUT2D eigenvalue weighted by Crippen LogP contribution is -2.60. The van der Waals surface area contributed by atoms with Crippen LogP contribution in [-0.4, -0.2) is 62.4 Å². The minimum atomic E-state index is -3.89. The molecule has 0 radical (unpaired) electrons. The summed E-state index contributed by atoms with van der Waals surface area (Å²) in [6.07, 6.45) is -5.64. The molecule has 1 fully saturated rings. The number of hydrogen-bond acceptors (Lipinski definition) is 9. The molecule has 0 aromatic rings. The van der Waals surface area contributed by atoms with Crippen molar-refractivity contribution in [3.8, 4) is 0 Å². The van der Waals surface area contributed by atoms with Crippen LogP contribution >= 0.6 is 0 Å². The Morgan fingerprint density at radius 3 is 1.95 bits per heavy atom. The zero-order chi connectivity index (χ0) is 16.4. The summed E-state index contributed by atoms with van der Waals surface area (Å²) in [5.74, 6) is -1.51. The summed E-state index contributed by atoms with van der Waals surface area (Å²) in [6, 6.07) is 0. The van der Waals surface area contributed by atoms with Crippen molar-refractivity contribution in [3.05, 3.63) is 0 Å². The first-order chi connectivity index (χ1) is 9.51. The second-order valence-electron chi connectivity index (χ2n) is 4.64. The minimum Gasteiger partial charge on any atom is -0.455 e. The van der Waals surface area contributed by atoms with Gasteiger partial charge in [-0.2, -0.15) is 8.42 Å². The van der Waals surface area contributed by atoms with Gasteiger partial charge in [-0.1, -0.05) is 0 Å². The molecule has 1 heterocycles. The molecule has 1 rings (SSSR count). The van der Waals surface area contributed by atoms with Gasteiger partial charge in [-0.25, -0.2) is 0 Å². The number of ether oxygens (including phenoxy) is 3. The fraction of sp³-hybridized carbons (Fsp3) is 0.818. The van der Waals surface area contributed by atoms with Gasteiger partial charge in [-0.05, 0) is 6.92 Å². The summed E-state index contributed by atoms with van der Waals surface area (Å²) in [5, 5.41) is 9.79. The first-order valence-corrected chi connectivity index (χ1v) is 7.89. The van der Waals surface area contributed by atoms with Crippen molar-refractivity contribution in [1.82, 2.24) is 0 Å². The van der Waals surface area contributed by atoms with Gasteiger partial charge in [0.1, 0.15) is 6.10 Å². The van der Waals surface area contributed by atoms with Crippen LogP contribution in [0.15, 0.2) is 0 Å². The molecule has 0 aromatic carbocycles. The van der Waals surface area contributed by atoms with Crippen molar-refractivity contribution in [2.45, 2.75) is 51.5 Å². The predicted octanol–water partition coefficient (Wildman–Crippen LogP) is -1.07. The van der Waals surface area contributed by atoms with Crippen molar-refractivity contribution < 1.29 is 41.5 Å². The number of carbonyl (C=O) groups is 2. The van der Waals surface area contributed by atoms with Crippen LogP contribution in [0.5, 0.6) is 0 Å². The van der Waals surface area contributed by atoms with Crippen LogP contribution in [0.25, 0.3) is 0 Å².